The zero-order chi connectivity index (χ0) is 10.1. The molecule has 0 spiro atoms. The van der Waals surface area contributed by atoms with Gasteiger partial charge in [-0.3, -0.25) is 4.79 Å². The Kier molecular flexibility index (Phi) is 6.60. The summed E-state index contributed by atoms with van der Waals surface area (Å²) in [7, 11) is 1.65. The molecule has 0 amide bonds. The molecule has 2 nitrogen and oxygen atoms in total. The molecule has 0 radical (unpaired) electrons. The van der Waals surface area contributed by atoms with Crippen molar-refractivity contribution >= 4 is 6.29 Å². The van der Waals surface area contributed by atoms with Crippen LogP contribution in [0, 0.1) is 0 Å². The molecule has 0 unspecified atom stereocenters. The Bertz CT molecular complexity index is 234. The number of hydrogen-bond acceptors (Lipinski definition) is 2. The summed E-state index contributed by atoms with van der Waals surface area (Å²) in [5.74, 6) is 0.924. The molecule has 0 aromatic carbocycles. The lowest BCUT2D eigenvalue weighted by molar-refractivity contribution is -0.104. The Morgan fingerprint density at radius 3 is 2.62 bits per heavy atom. The van der Waals surface area contributed by atoms with Crippen molar-refractivity contribution in [3.05, 3.63) is 35.6 Å². The molecular formula is C11H16O2. The van der Waals surface area contributed by atoms with Crippen LogP contribution >= 0.6 is 0 Å². The number of hydrogen-bond donors (Lipinski definition) is 0. The topological polar surface area (TPSA) is 26.3 Å². The first-order chi connectivity index (χ1) is 6.24. The number of ether oxygens (including phenoxy) is 1. The second kappa shape index (κ2) is 7.35. The lowest BCUT2D eigenvalue weighted by Gasteiger charge is -1.99. The van der Waals surface area contributed by atoms with Gasteiger partial charge >= 0.3 is 0 Å². The highest BCUT2D eigenvalue weighted by Crippen LogP contribution is 2.02. The highest BCUT2D eigenvalue weighted by Gasteiger charge is 1.87. The smallest absolute Gasteiger partial charge is 0.145 e. The molecule has 0 aliphatic carbocycles. The van der Waals surface area contributed by atoms with E-state index in [0.29, 0.717) is 0 Å². The van der Waals surface area contributed by atoms with E-state index in [2.05, 4.69) is 0 Å². The maximum Gasteiger partial charge on any atom is 0.145 e. The van der Waals surface area contributed by atoms with Crippen LogP contribution in [0.5, 0.6) is 0 Å². The van der Waals surface area contributed by atoms with E-state index in [1.165, 1.54) is 0 Å². The summed E-state index contributed by atoms with van der Waals surface area (Å²) in [4.78, 5) is 10.2. The number of carbonyl (C=O) groups excluding carboxylic acids is 1. The van der Waals surface area contributed by atoms with Crippen LogP contribution in [-0.4, -0.2) is 13.4 Å². The molecule has 0 aromatic heterocycles. The normalized spacial score (nSPS) is 13.5. The molecule has 2 heteroatoms. The van der Waals surface area contributed by atoms with Gasteiger partial charge < -0.3 is 4.74 Å². The molecule has 0 aliphatic rings. The minimum atomic E-state index is 0.718. The van der Waals surface area contributed by atoms with Crippen LogP contribution in [0.1, 0.15) is 20.3 Å². The fourth-order valence-corrected chi connectivity index (χ4v) is 0.762. The van der Waals surface area contributed by atoms with Crippen LogP contribution in [-0.2, 0) is 9.53 Å². The SMILES string of the molecule is C/C=C(\CC=C/C=C(\C)C=O)OC. The van der Waals surface area contributed by atoms with Crippen LogP contribution < -0.4 is 0 Å². The largest absolute Gasteiger partial charge is 0.501 e. The third-order valence-electron chi connectivity index (χ3n) is 1.58. The Morgan fingerprint density at radius 1 is 1.46 bits per heavy atom. The molecule has 0 aliphatic heterocycles. The van der Waals surface area contributed by atoms with Crippen molar-refractivity contribution in [2.24, 2.45) is 0 Å². The maximum atomic E-state index is 10.2. The van der Waals surface area contributed by atoms with Gasteiger partial charge in [0.25, 0.3) is 0 Å². The van der Waals surface area contributed by atoms with Gasteiger partial charge in [-0.25, -0.2) is 0 Å². The second-order valence-corrected chi connectivity index (χ2v) is 2.62. The lowest BCUT2D eigenvalue weighted by atomic mass is 10.2. The van der Waals surface area contributed by atoms with Crippen LogP contribution in [0.4, 0.5) is 0 Å². The average Bonchev–Trinajstić information content (AvgIpc) is 2.18. The predicted molar refractivity (Wildman–Crippen MR) is 54.3 cm³/mol. The van der Waals surface area contributed by atoms with Crippen molar-refractivity contribution in [2.45, 2.75) is 20.3 Å². The fraction of sp³-hybridized carbons (Fsp3) is 0.364. The van der Waals surface area contributed by atoms with Gasteiger partial charge in [0, 0.05) is 6.42 Å². The molecule has 0 saturated carbocycles. The monoisotopic (exact) mass is 180 g/mol. The molecule has 0 bridgehead atoms. The van der Waals surface area contributed by atoms with Crippen LogP contribution in [0.15, 0.2) is 35.6 Å². The molecule has 0 aromatic rings. The second-order valence-electron chi connectivity index (χ2n) is 2.62. The standard InChI is InChI=1S/C11H16O2/c1-4-11(13-3)8-6-5-7-10(2)9-12/h4-7,9H,8H2,1-3H3/b6-5?,10-7+,11-4+. The molecule has 0 N–H and O–H groups in total. The Hall–Kier alpha value is -1.31. The van der Waals surface area contributed by atoms with Crippen LogP contribution in [0.3, 0.4) is 0 Å². The number of allylic oxidation sites excluding steroid dienone is 5. The minimum absolute atomic E-state index is 0.718. The van der Waals surface area contributed by atoms with Crippen molar-refractivity contribution in [1.29, 1.82) is 0 Å². The van der Waals surface area contributed by atoms with Gasteiger partial charge in [-0.2, -0.15) is 0 Å². The van der Waals surface area contributed by atoms with Crippen molar-refractivity contribution in [3.63, 3.8) is 0 Å². The van der Waals surface area contributed by atoms with E-state index in [0.717, 1.165) is 24.0 Å². The van der Waals surface area contributed by atoms with E-state index in [1.54, 1.807) is 20.1 Å². The summed E-state index contributed by atoms with van der Waals surface area (Å²) in [5, 5.41) is 0. The number of carbonyl (C=O) groups is 1. The molecule has 0 fully saturated rings. The summed E-state index contributed by atoms with van der Waals surface area (Å²) in [6, 6.07) is 0. The number of aldehydes is 1. The maximum absolute atomic E-state index is 10.2. The molecule has 0 rings (SSSR count). The Morgan fingerprint density at radius 2 is 2.15 bits per heavy atom. The quantitative estimate of drug-likeness (QED) is 0.281. The lowest BCUT2D eigenvalue weighted by Crippen LogP contribution is -1.82. The van der Waals surface area contributed by atoms with Gasteiger partial charge in [-0.15, -0.1) is 0 Å². The van der Waals surface area contributed by atoms with E-state index < -0.39 is 0 Å². The molecule has 13 heavy (non-hydrogen) atoms. The van der Waals surface area contributed by atoms with E-state index in [1.807, 2.05) is 25.2 Å². The van der Waals surface area contributed by atoms with Gasteiger partial charge in [0.1, 0.15) is 6.29 Å². The molecule has 0 heterocycles. The van der Waals surface area contributed by atoms with E-state index in [4.69, 9.17) is 4.74 Å². The van der Waals surface area contributed by atoms with Gasteiger partial charge in [0.05, 0.1) is 12.9 Å². The first-order valence-corrected chi connectivity index (χ1v) is 4.22. The highest BCUT2D eigenvalue weighted by atomic mass is 16.5. The first-order valence-electron chi connectivity index (χ1n) is 4.22. The summed E-state index contributed by atoms with van der Waals surface area (Å²) in [6.45, 7) is 3.70. The Balaban J connectivity index is 3.95. The van der Waals surface area contributed by atoms with Gasteiger partial charge in [0.2, 0.25) is 0 Å². The van der Waals surface area contributed by atoms with Crippen molar-refractivity contribution in [3.8, 4) is 0 Å². The number of methoxy groups -OCH3 is 1. The zero-order valence-electron chi connectivity index (χ0n) is 8.41. The highest BCUT2D eigenvalue weighted by molar-refractivity contribution is 5.72. The van der Waals surface area contributed by atoms with Gasteiger partial charge in [0.15, 0.2) is 0 Å². The molecule has 0 saturated heterocycles. The van der Waals surface area contributed by atoms with Crippen molar-refractivity contribution in [1.82, 2.24) is 0 Å². The summed E-state index contributed by atoms with van der Waals surface area (Å²) in [5.41, 5.74) is 0.718. The van der Waals surface area contributed by atoms with Gasteiger partial charge in [-0.1, -0.05) is 18.2 Å². The van der Waals surface area contributed by atoms with E-state index in [9.17, 15) is 4.79 Å². The van der Waals surface area contributed by atoms with Crippen molar-refractivity contribution in [2.75, 3.05) is 7.11 Å². The molecular weight excluding hydrogens is 164 g/mol. The predicted octanol–water partition coefficient (Wildman–Crippen LogP) is 2.63. The third-order valence-corrected chi connectivity index (χ3v) is 1.58. The first kappa shape index (κ1) is 11.7. The summed E-state index contributed by atoms with van der Waals surface area (Å²) in [6.07, 6.45) is 9.08. The number of rotatable bonds is 5. The minimum Gasteiger partial charge on any atom is -0.501 e. The fourth-order valence-electron chi connectivity index (χ4n) is 0.762. The van der Waals surface area contributed by atoms with Crippen LogP contribution in [0.25, 0.3) is 0 Å². The zero-order valence-corrected chi connectivity index (χ0v) is 8.41. The average molecular weight is 180 g/mol. The Labute approximate surface area is 79.6 Å². The van der Waals surface area contributed by atoms with Gasteiger partial charge in [-0.05, 0) is 25.5 Å². The van der Waals surface area contributed by atoms with Crippen molar-refractivity contribution < 1.29 is 9.53 Å². The summed E-state index contributed by atoms with van der Waals surface area (Å²) < 4.78 is 5.05. The van der Waals surface area contributed by atoms with E-state index >= 15 is 0 Å². The molecule has 0 atom stereocenters. The third kappa shape index (κ3) is 5.91. The van der Waals surface area contributed by atoms with E-state index in [-0.39, 0.29) is 0 Å². The van der Waals surface area contributed by atoms with Crippen LogP contribution in [0.2, 0.25) is 0 Å². The summed E-state index contributed by atoms with van der Waals surface area (Å²) >= 11 is 0. The molecule has 72 valence electrons.